The lowest BCUT2D eigenvalue weighted by Gasteiger charge is -2.28. The Morgan fingerprint density at radius 3 is 2.39 bits per heavy atom. The molecule has 1 aromatic heterocycles. The zero-order chi connectivity index (χ0) is 23.8. The largest absolute Gasteiger partial charge is 0.332 e. The predicted molar refractivity (Wildman–Crippen MR) is 129 cm³/mol. The summed E-state index contributed by atoms with van der Waals surface area (Å²) in [5, 5.41) is 13.1. The number of nitro benzene ring substituents is 1. The Balaban J connectivity index is 1.82. The quantitative estimate of drug-likeness (QED) is 0.310. The molecular formula is C25H27N3O4S. The van der Waals surface area contributed by atoms with Gasteiger partial charge in [0.25, 0.3) is 11.6 Å². The van der Waals surface area contributed by atoms with Crippen molar-refractivity contribution < 1.29 is 14.5 Å². The Kier molecular flexibility index (Phi) is 8.32. The molecule has 33 heavy (non-hydrogen) atoms. The third kappa shape index (κ3) is 6.49. The molecular weight excluding hydrogens is 438 g/mol. The molecule has 2 amide bonds. The van der Waals surface area contributed by atoms with E-state index < -0.39 is 4.92 Å². The Labute approximate surface area is 197 Å². The van der Waals surface area contributed by atoms with Gasteiger partial charge >= 0.3 is 0 Å². The van der Waals surface area contributed by atoms with E-state index in [1.54, 1.807) is 22.3 Å². The number of hydrogen-bond donors (Lipinski definition) is 0. The highest BCUT2D eigenvalue weighted by Gasteiger charge is 2.24. The molecule has 0 spiro atoms. The summed E-state index contributed by atoms with van der Waals surface area (Å²) in [4.78, 5) is 41.5. The van der Waals surface area contributed by atoms with Crippen LogP contribution < -0.4 is 0 Å². The Bertz CT molecular complexity index is 1110. The van der Waals surface area contributed by atoms with E-state index in [2.05, 4.69) is 0 Å². The van der Waals surface area contributed by atoms with Gasteiger partial charge < -0.3 is 9.80 Å². The van der Waals surface area contributed by atoms with Gasteiger partial charge in [-0.3, -0.25) is 19.7 Å². The zero-order valence-corrected chi connectivity index (χ0v) is 19.6. The maximum atomic E-state index is 13.4. The smallest absolute Gasteiger partial charge is 0.270 e. The lowest BCUT2D eigenvalue weighted by molar-refractivity contribution is -0.384. The highest BCUT2D eigenvalue weighted by Crippen LogP contribution is 2.20. The maximum absolute atomic E-state index is 13.4. The average molecular weight is 466 g/mol. The van der Waals surface area contributed by atoms with Crippen molar-refractivity contribution in [1.29, 1.82) is 0 Å². The number of non-ortho nitro benzene ring substituents is 1. The van der Waals surface area contributed by atoms with Crippen LogP contribution >= 0.6 is 11.3 Å². The third-order valence-corrected chi connectivity index (χ3v) is 6.29. The molecule has 3 rings (SSSR count). The molecule has 172 valence electrons. The lowest BCUT2D eigenvalue weighted by Crippen LogP contribution is -2.42. The summed E-state index contributed by atoms with van der Waals surface area (Å²) >= 11 is 1.60. The van der Waals surface area contributed by atoms with Crippen molar-refractivity contribution >= 4 is 28.8 Å². The second-order valence-electron chi connectivity index (χ2n) is 7.80. The SMILES string of the molecule is CCCN(CC(=O)N(Cc1ccccc1)Cc1sccc1C)C(=O)c1cccc([N+](=O)[O-])c1. The minimum Gasteiger partial charge on any atom is -0.332 e. The van der Waals surface area contributed by atoms with Crippen molar-refractivity contribution in [3.63, 3.8) is 0 Å². The number of nitro groups is 1. The van der Waals surface area contributed by atoms with Crippen LogP contribution in [0.15, 0.2) is 66.0 Å². The van der Waals surface area contributed by atoms with E-state index in [0.29, 0.717) is 26.1 Å². The van der Waals surface area contributed by atoms with Gasteiger partial charge in [0.05, 0.1) is 11.5 Å². The number of rotatable bonds is 10. The zero-order valence-electron chi connectivity index (χ0n) is 18.8. The first kappa shape index (κ1) is 24.1. The monoisotopic (exact) mass is 465 g/mol. The van der Waals surface area contributed by atoms with Gasteiger partial charge in [-0.15, -0.1) is 11.3 Å². The van der Waals surface area contributed by atoms with E-state index >= 15 is 0 Å². The fourth-order valence-corrected chi connectivity index (χ4v) is 4.42. The molecule has 7 nitrogen and oxygen atoms in total. The normalized spacial score (nSPS) is 10.6. The van der Waals surface area contributed by atoms with Crippen LogP contribution in [0.3, 0.4) is 0 Å². The van der Waals surface area contributed by atoms with Gasteiger partial charge in [0.1, 0.15) is 6.54 Å². The number of benzene rings is 2. The molecule has 2 aromatic carbocycles. The van der Waals surface area contributed by atoms with Crippen LogP contribution in [-0.2, 0) is 17.9 Å². The minimum absolute atomic E-state index is 0.0907. The number of hydrogen-bond acceptors (Lipinski definition) is 5. The van der Waals surface area contributed by atoms with Gasteiger partial charge in [0.15, 0.2) is 0 Å². The number of nitrogens with zero attached hydrogens (tertiary/aromatic N) is 3. The summed E-state index contributed by atoms with van der Waals surface area (Å²) in [5.41, 5.74) is 2.19. The van der Waals surface area contributed by atoms with E-state index in [0.717, 1.165) is 16.0 Å². The number of amides is 2. The topological polar surface area (TPSA) is 83.8 Å². The summed E-state index contributed by atoms with van der Waals surface area (Å²) in [7, 11) is 0. The summed E-state index contributed by atoms with van der Waals surface area (Å²) in [5.74, 6) is -0.556. The highest BCUT2D eigenvalue weighted by molar-refractivity contribution is 7.10. The second-order valence-corrected chi connectivity index (χ2v) is 8.80. The van der Waals surface area contributed by atoms with E-state index in [4.69, 9.17) is 0 Å². The highest BCUT2D eigenvalue weighted by atomic mass is 32.1. The molecule has 3 aromatic rings. The fraction of sp³-hybridized carbons (Fsp3) is 0.280. The van der Waals surface area contributed by atoms with Crippen LogP contribution in [0.5, 0.6) is 0 Å². The van der Waals surface area contributed by atoms with Gasteiger partial charge in [0, 0.05) is 35.7 Å². The van der Waals surface area contributed by atoms with Crippen molar-refractivity contribution in [2.24, 2.45) is 0 Å². The third-order valence-electron chi connectivity index (χ3n) is 5.28. The van der Waals surface area contributed by atoms with Crippen LogP contribution in [0.2, 0.25) is 0 Å². The molecule has 0 atom stereocenters. The first-order chi connectivity index (χ1) is 15.9. The molecule has 8 heteroatoms. The van der Waals surface area contributed by atoms with Crippen LogP contribution in [0, 0.1) is 17.0 Å². The fourth-order valence-electron chi connectivity index (χ4n) is 3.50. The molecule has 0 N–H and O–H groups in total. The summed E-state index contributed by atoms with van der Waals surface area (Å²) < 4.78 is 0. The standard InChI is InChI=1S/C25H27N3O4S/c1-3-13-26(25(30)21-10-7-11-22(15-21)28(31)32)18-24(29)27(16-20-8-5-4-6-9-20)17-23-19(2)12-14-33-23/h4-12,14-15H,3,13,16-18H2,1-2H3. The van der Waals surface area contributed by atoms with Crippen LogP contribution in [0.4, 0.5) is 5.69 Å². The predicted octanol–water partition coefficient (Wildman–Crippen LogP) is 5.05. The molecule has 0 aliphatic heterocycles. The van der Waals surface area contributed by atoms with Gasteiger partial charge in [-0.05, 0) is 42.0 Å². The molecule has 0 unspecified atom stereocenters. The summed E-state index contributed by atoms with van der Waals surface area (Å²) in [6, 6.07) is 17.4. The molecule has 0 saturated heterocycles. The van der Waals surface area contributed by atoms with Crippen molar-refractivity contribution in [3.05, 3.63) is 97.7 Å². The van der Waals surface area contributed by atoms with Gasteiger partial charge in [-0.2, -0.15) is 0 Å². The number of aryl methyl sites for hydroxylation is 1. The average Bonchev–Trinajstić information content (AvgIpc) is 3.22. The first-order valence-corrected chi connectivity index (χ1v) is 11.7. The summed E-state index contributed by atoms with van der Waals surface area (Å²) in [6.07, 6.45) is 0.663. The number of carbonyl (C=O) groups is 2. The molecule has 0 radical (unpaired) electrons. The van der Waals surface area contributed by atoms with Crippen LogP contribution in [0.1, 0.15) is 39.7 Å². The molecule has 0 fully saturated rings. The van der Waals surface area contributed by atoms with Crippen molar-refractivity contribution in [1.82, 2.24) is 9.80 Å². The van der Waals surface area contributed by atoms with Gasteiger partial charge in [0.2, 0.25) is 5.91 Å². The van der Waals surface area contributed by atoms with E-state index in [1.165, 1.54) is 23.1 Å². The Morgan fingerprint density at radius 1 is 1.00 bits per heavy atom. The van der Waals surface area contributed by atoms with E-state index in [9.17, 15) is 19.7 Å². The molecule has 0 aliphatic carbocycles. The molecule has 0 saturated carbocycles. The van der Waals surface area contributed by atoms with Crippen molar-refractivity contribution in [2.45, 2.75) is 33.4 Å². The maximum Gasteiger partial charge on any atom is 0.270 e. The van der Waals surface area contributed by atoms with E-state index in [-0.39, 0.29) is 29.6 Å². The Morgan fingerprint density at radius 2 is 1.76 bits per heavy atom. The lowest BCUT2D eigenvalue weighted by atomic mass is 10.1. The second kappa shape index (κ2) is 11.4. The van der Waals surface area contributed by atoms with Crippen molar-refractivity contribution in [3.8, 4) is 0 Å². The van der Waals surface area contributed by atoms with Crippen molar-refractivity contribution in [2.75, 3.05) is 13.1 Å². The Hall–Kier alpha value is -3.52. The molecule has 0 aliphatic rings. The van der Waals surface area contributed by atoms with Crippen LogP contribution in [-0.4, -0.2) is 39.6 Å². The minimum atomic E-state index is -0.531. The first-order valence-electron chi connectivity index (χ1n) is 10.8. The van der Waals surface area contributed by atoms with Gasteiger partial charge in [-0.25, -0.2) is 0 Å². The van der Waals surface area contributed by atoms with Gasteiger partial charge in [-0.1, -0.05) is 43.3 Å². The van der Waals surface area contributed by atoms with E-state index in [1.807, 2.05) is 55.6 Å². The molecule has 1 heterocycles. The number of thiophene rings is 1. The number of carbonyl (C=O) groups excluding carboxylic acids is 2. The van der Waals surface area contributed by atoms with Crippen LogP contribution in [0.25, 0.3) is 0 Å². The summed E-state index contributed by atoms with van der Waals surface area (Å²) in [6.45, 7) is 5.13. The molecule has 0 bridgehead atoms.